The van der Waals surface area contributed by atoms with Crippen molar-refractivity contribution < 1.29 is 34.1 Å². The third-order valence-electron chi connectivity index (χ3n) is 2.90. The highest BCUT2D eigenvalue weighted by Crippen LogP contribution is 2.19. The Kier molecular flexibility index (Phi) is 5.21. The summed E-state index contributed by atoms with van der Waals surface area (Å²) in [5.41, 5.74) is 0. The molecule has 0 radical (unpaired) electrons. The van der Waals surface area contributed by atoms with Crippen molar-refractivity contribution in [3.05, 3.63) is 6.07 Å². The smallest absolute Gasteiger partial charge is 0.394 e. The van der Waals surface area contributed by atoms with Crippen LogP contribution in [0.1, 0.15) is 0 Å². The van der Waals surface area contributed by atoms with Crippen molar-refractivity contribution >= 4 is 41.3 Å². The first kappa shape index (κ1) is 17.1. The fraction of sp³-hybridized carbons (Fsp3) is 0.333. The molecule has 0 saturated carbocycles. The molecule has 128 valence electrons. The molecule has 0 spiro atoms. The van der Waals surface area contributed by atoms with Gasteiger partial charge in [0, 0.05) is 19.2 Å². The van der Waals surface area contributed by atoms with E-state index in [0.717, 1.165) is 0 Å². The minimum absolute atomic E-state index is 0.195. The molecule has 0 bridgehead atoms. The number of carbonyl (C=O) groups excluding carboxylic acids is 2. The zero-order chi connectivity index (χ0) is 17.7. The molecule has 12 nitrogen and oxygen atoms in total. The van der Waals surface area contributed by atoms with Crippen LogP contribution in [0.5, 0.6) is 0 Å². The van der Waals surface area contributed by atoms with Crippen LogP contribution in [0.3, 0.4) is 0 Å². The first-order chi connectivity index (χ1) is 11.4. The number of hydrogen-bond donors (Lipinski definition) is 4. The summed E-state index contributed by atoms with van der Waals surface area (Å²) in [4.78, 5) is 53.2. The highest BCUT2D eigenvalue weighted by Gasteiger charge is 2.20. The Labute approximate surface area is 134 Å². The summed E-state index contributed by atoms with van der Waals surface area (Å²) >= 11 is 0. The van der Waals surface area contributed by atoms with E-state index in [0.29, 0.717) is 26.3 Å². The first-order valence-electron chi connectivity index (χ1n) is 6.67. The molecule has 2 heterocycles. The number of carboxylic acid groups (broad SMARTS) is 2. The van der Waals surface area contributed by atoms with E-state index in [1.54, 1.807) is 4.90 Å². The van der Waals surface area contributed by atoms with Gasteiger partial charge in [0.15, 0.2) is 0 Å². The van der Waals surface area contributed by atoms with Gasteiger partial charge in [0.2, 0.25) is 5.95 Å². The normalized spacial score (nSPS) is 13.9. The number of ether oxygens (including phenoxy) is 1. The number of hydrogen-bond acceptors (Lipinski definition) is 8. The van der Waals surface area contributed by atoms with Gasteiger partial charge in [-0.05, 0) is 0 Å². The van der Waals surface area contributed by atoms with Crippen molar-refractivity contribution in [1.82, 2.24) is 9.97 Å². The maximum absolute atomic E-state index is 11.3. The molecule has 2 rings (SSSR count). The van der Waals surface area contributed by atoms with Crippen LogP contribution in [0.15, 0.2) is 6.07 Å². The molecule has 0 unspecified atom stereocenters. The highest BCUT2D eigenvalue weighted by molar-refractivity contribution is 6.37. The van der Waals surface area contributed by atoms with Crippen LogP contribution >= 0.6 is 0 Å². The standard InChI is InChI=1S/C12H13N5O7/c18-8(10(20)21)13-6-5-7(17-1-3-24-4-2-17)15-12(14-6)16-9(19)11(22)23/h5H,1-4H2,(H,20,21)(H,22,23)(H2,13,14,15,16,18,19). The second-order valence-electron chi connectivity index (χ2n) is 4.55. The molecule has 0 aliphatic carbocycles. The number of aromatic nitrogens is 2. The quantitative estimate of drug-likeness (QED) is 0.468. The van der Waals surface area contributed by atoms with Crippen LogP contribution in [0.25, 0.3) is 0 Å². The van der Waals surface area contributed by atoms with Crippen LogP contribution in [0.2, 0.25) is 0 Å². The van der Waals surface area contributed by atoms with E-state index in [-0.39, 0.29) is 17.6 Å². The Hall–Kier alpha value is -3.28. The number of amides is 2. The lowest BCUT2D eigenvalue weighted by Gasteiger charge is -2.28. The average Bonchev–Trinajstić information content (AvgIpc) is 2.55. The monoisotopic (exact) mass is 339 g/mol. The zero-order valence-corrected chi connectivity index (χ0v) is 12.2. The van der Waals surface area contributed by atoms with E-state index in [4.69, 9.17) is 14.9 Å². The Morgan fingerprint density at radius 3 is 2.17 bits per heavy atom. The molecule has 4 N–H and O–H groups in total. The van der Waals surface area contributed by atoms with Gasteiger partial charge < -0.3 is 25.2 Å². The van der Waals surface area contributed by atoms with E-state index in [9.17, 15) is 19.2 Å². The minimum atomic E-state index is -1.74. The molecular weight excluding hydrogens is 326 g/mol. The van der Waals surface area contributed by atoms with Gasteiger partial charge in [-0.15, -0.1) is 0 Å². The molecule has 2 amide bonds. The predicted octanol–water partition coefficient (Wildman–Crippen LogP) is -1.64. The van der Waals surface area contributed by atoms with Crippen LogP contribution in [0.4, 0.5) is 17.6 Å². The Morgan fingerprint density at radius 2 is 1.58 bits per heavy atom. The van der Waals surface area contributed by atoms with Crippen molar-refractivity contribution in [2.45, 2.75) is 0 Å². The third-order valence-corrected chi connectivity index (χ3v) is 2.90. The summed E-state index contributed by atoms with van der Waals surface area (Å²) in [5, 5.41) is 21.2. The molecule has 1 saturated heterocycles. The van der Waals surface area contributed by atoms with Crippen molar-refractivity contribution in [2.24, 2.45) is 0 Å². The molecule has 1 fully saturated rings. The molecule has 1 aromatic heterocycles. The number of aliphatic carboxylic acids is 2. The molecular formula is C12H13N5O7. The molecule has 12 heteroatoms. The summed E-state index contributed by atoms with van der Waals surface area (Å²) < 4.78 is 5.19. The number of nitrogens with zero attached hydrogens (tertiary/aromatic N) is 3. The largest absolute Gasteiger partial charge is 0.474 e. The van der Waals surface area contributed by atoms with Gasteiger partial charge in [-0.25, -0.2) is 9.59 Å². The molecule has 24 heavy (non-hydrogen) atoms. The summed E-state index contributed by atoms with van der Waals surface area (Å²) in [6, 6.07) is 1.31. The average molecular weight is 339 g/mol. The van der Waals surface area contributed by atoms with E-state index < -0.39 is 23.8 Å². The van der Waals surface area contributed by atoms with Crippen LogP contribution in [-0.4, -0.2) is 70.2 Å². The minimum Gasteiger partial charge on any atom is -0.474 e. The number of anilines is 3. The van der Waals surface area contributed by atoms with Gasteiger partial charge in [-0.2, -0.15) is 9.97 Å². The fourth-order valence-electron chi connectivity index (χ4n) is 1.83. The highest BCUT2D eigenvalue weighted by atomic mass is 16.5. The second kappa shape index (κ2) is 7.32. The van der Waals surface area contributed by atoms with Crippen LogP contribution in [0, 0.1) is 0 Å². The summed E-state index contributed by atoms with van der Waals surface area (Å²) in [6.45, 7) is 1.79. The first-order valence-corrected chi connectivity index (χ1v) is 6.67. The molecule has 1 aliphatic heterocycles. The molecule has 1 aliphatic rings. The number of carbonyl (C=O) groups is 4. The van der Waals surface area contributed by atoms with Gasteiger partial charge >= 0.3 is 23.8 Å². The van der Waals surface area contributed by atoms with Gasteiger partial charge in [0.25, 0.3) is 0 Å². The lowest BCUT2D eigenvalue weighted by Crippen LogP contribution is -2.37. The number of nitrogens with one attached hydrogen (secondary N) is 2. The van der Waals surface area contributed by atoms with E-state index in [1.165, 1.54) is 6.07 Å². The molecule has 1 aromatic rings. The maximum Gasteiger partial charge on any atom is 0.394 e. The lowest BCUT2D eigenvalue weighted by molar-refractivity contribution is -0.147. The van der Waals surface area contributed by atoms with Gasteiger partial charge in [0.05, 0.1) is 13.2 Å². The SMILES string of the molecule is O=C(O)C(=O)Nc1cc(N2CCOCC2)nc(NC(=O)C(=O)O)n1. The van der Waals surface area contributed by atoms with Crippen molar-refractivity contribution in [2.75, 3.05) is 41.8 Å². The Balaban J connectivity index is 2.31. The zero-order valence-electron chi connectivity index (χ0n) is 12.2. The molecule has 0 aromatic carbocycles. The van der Waals surface area contributed by atoms with Gasteiger partial charge in [-0.3, -0.25) is 14.9 Å². The second-order valence-corrected chi connectivity index (χ2v) is 4.55. The topological polar surface area (TPSA) is 171 Å². The van der Waals surface area contributed by atoms with E-state index in [2.05, 4.69) is 9.97 Å². The van der Waals surface area contributed by atoms with Crippen molar-refractivity contribution in [3.63, 3.8) is 0 Å². The molecule has 0 atom stereocenters. The summed E-state index contributed by atoms with van der Waals surface area (Å²) in [7, 11) is 0. The number of carboxylic acids is 2. The van der Waals surface area contributed by atoms with E-state index >= 15 is 0 Å². The van der Waals surface area contributed by atoms with E-state index in [1.807, 2.05) is 10.6 Å². The lowest BCUT2D eigenvalue weighted by atomic mass is 10.4. The maximum atomic E-state index is 11.3. The van der Waals surface area contributed by atoms with Gasteiger partial charge in [-0.1, -0.05) is 0 Å². The summed E-state index contributed by atoms with van der Waals surface area (Å²) in [5.74, 6) is -6.48. The van der Waals surface area contributed by atoms with Crippen molar-refractivity contribution in [3.8, 4) is 0 Å². The Bertz CT molecular complexity index is 640. The van der Waals surface area contributed by atoms with Crippen molar-refractivity contribution in [1.29, 1.82) is 0 Å². The van der Waals surface area contributed by atoms with Gasteiger partial charge in [0.1, 0.15) is 11.6 Å². The van der Waals surface area contributed by atoms with Crippen LogP contribution < -0.4 is 15.5 Å². The third kappa shape index (κ3) is 4.36. The number of rotatable bonds is 3. The number of morpholine rings is 1. The fourth-order valence-corrected chi connectivity index (χ4v) is 1.83. The predicted molar refractivity (Wildman–Crippen MR) is 77.6 cm³/mol. The Morgan fingerprint density at radius 1 is 1.00 bits per heavy atom. The summed E-state index contributed by atoms with van der Waals surface area (Å²) in [6.07, 6.45) is 0. The van der Waals surface area contributed by atoms with Crippen LogP contribution in [-0.2, 0) is 23.9 Å².